The molecule has 0 aliphatic rings. The minimum atomic E-state index is -0.705. The highest BCUT2D eigenvalue weighted by atomic mass is 16.4. The van der Waals surface area contributed by atoms with Crippen molar-refractivity contribution < 1.29 is 19.8 Å². The lowest BCUT2D eigenvalue weighted by molar-refractivity contribution is -0.138. The van der Waals surface area contributed by atoms with Gasteiger partial charge in [0.1, 0.15) is 0 Å². The molecule has 20 heavy (non-hydrogen) atoms. The Morgan fingerprint density at radius 1 is 0.600 bits per heavy atom. The van der Waals surface area contributed by atoms with E-state index in [0.717, 1.165) is 51.4 Å². The fourth-order valence-corrected chi connectivity index (χ4v) is 2.02. The van der Waals surface area contributed by atoms with Crippen molar-refractivity contribution in [3.63, 3.8) is 0 Å². The van der Waals surface area contributed by atoms with E-state index in [4.69, 9.17) is 10.2 Å². The topological polar surface area (TPSA) is 74.6 Å². The van der Waals surface area contributed by atoms with Crippen LogP contribution in [-0.4, -0.2) is 22.2 Å². The summed E-state index contributed by atoms with van der Waals surface area (Å²) >= 11 is 0. The fourth-order valence-electron chi connectivity index (χ4n) is 2.02. The molecule has 0 unspecified atom stereocenters. The van der Waals surface area contributed by atoms with Crippen LogP contribution in [0.3, 0.4) is 0 Å². The highest BCUT2D eigenvalue weighted by Crippen LogP contribution is 2.08. The maximum Gasteiger partial charge on any atom is 0.303 e. The van der Waals surface area contributed by atoms with Gasteiger partial charge in [0.05, 0.1) is 0 Å². The number of carboxylic acids is 2. The molecule has 0 saturated carbocycles. The lowest BCUT2D eigenvalue weighted by Gasteiger charge is -1.98. The van der Waals surface area contributed by atoms with Gasteiger partial charge in [-0.3, -0.25) is 9.59 Å². The molecule has 0 radical (unpaired) electrons. The zero-order chi connectivity index (χ0) is 15.1. The number of unbranched alkanes of at least 4 members (excludes halogenated alkanes) is 8. The summed E-state index contributed by atoms with van der Waals surface area (Å²) in [4.78, 5) is 20.6. The molecular formula is C16H28O4. The smallest absolute Gasteiger partial charge is 0.303 e. The fraction of sp³-hybridized carbons (Fsp3) is 0.750. The lowest BCUT2D eigenvalue weighted by atomic mass is 10.1. The van der Waals surface area contributed by atoms with Crippen molar-refractivity contribution >= 4 is 11.9 Å². The van der Waals surface area contributed by atoms with Gasteiger partial charge in [0.15, 0.2) is 0 Å². The number of allylic oxidation sites excluding steroid dienone is 2. The molecule has 4 heteroatoms. The molecule has 0 rings (SSSR count). The van der Waals surface area contributed by atoms with Gasteiger partial charge in [-0.25, -0.2) is 0 Å². The largest absolute Gasteiger partial charge is 0.481 e. The van der Waals surface area contributed by atoms with Crippen molar-refractivity contribution in [1.82, 2.24) is 0 Å². The summed E-state index contributed by atoms with van der Waals surface area (Å²) < 4.78 is 0. The van der Waals surface area contributed by atoms with Gasteiger partial charge in [-0.2, -0.15) is 0 Å². The number of hydrogen-bond donors (Lipinski definition) is 2. The zero-order valence-electron chi connectivity index (χ0n) is 12.4. The molecule has 4 nitrogen and oxygen atoms in total. The molecule has 0 aromatic carbocycles. The Hall–Kier alpha value is -1.32. The zero-order valence-corrected chi connectivity index (χ0v) is 12.4. The third-order valence-corrected chi connectivity index (χ3v) is 3.19. The van der Waals surface area contributed by atoms with Gasteiger partial charge in [-0.05, 0) is 38.5 Å². The van der Waals surface area contributed by atoms with Crippen LogP contribution in [0.15, 0.2) is 12.2 Å². The molecule has 0 spiro atoms. The molecule has 0 saturated heterocycles. The summed E-state index contributed by atoms with van der Waals surface area (Å²) in [5.41, 5.74) is 0. The second-order valence-electron chi connectivity index (χ2n) is 5.16. The molecule has 0 bridgehead atoms. The first-order valence-corrected chi connectivity index (χ1v) is 7.71. The van der Waals surface area contributed by atoms with Crippen LogP contribution in [0.2, 0.25) is 0 Å². The van der Waals surface area contributed by atoms with Gasteiger partial charge in [0.2, 0.25) is 0 Å². The highest BCUT2D eigenvalue weighted by molar-refractivity contribution is 5.66. The SMILES string of the molecule is O=C(O)CCCCCC=CCCCCCCCC(=O)O. The summed E-state index contributed by atoms with van der Waals surface area (Å²) in [7, 11) is 0. The quantitative estimate of drug-likeness (QED) is 0.366. The first-order chi connectivity index (χ1) is 9.63. The summed E-state index contributed by atoms with van der Waals surface area (Å²) in [5.74, 6) is -1.40. The second-order valence-corrected chi connectivity index (χ2v) is 5.16. The molecule has 0 aliphatic heterocycles. The Morgan fingerprint density at radius 2 is 0.950 bits per heavy atom. The monoisotopic (exact) mass is 284 g/mol. The van der Waals surface area contributed by atoms with Crippen LogP contribution in [0.25, 0.3) is 0 Å². The summed E-state index contributed by atoms with van der Waals surface area (Å²) in [6, 6.07) is 0. The average molecular weight is 284 g/mol. The molecular weight excluding hydrogens is 256 g/mol. The molecule has 0 aromatic rings. The van der Waals surface area contributed by atoms with Crippen molar-refractivity contribution in [2.24, 2.45) is 0 Å². The summed E-state index contributed by atoms with van der Waals surface area (Å²) in [6.07, 6.45) is 15.2. The normalized spacial score (nSPS) is 11.0. The Morgan fingerprint density at radius 3 is 1.40 bits per heavy atom. The van der Waals surface area contributed by atoms with E-state index in [1.54, 1.807) is 0 Å². The number of hydrogen-bond acceptors (Lipinski definition) is 2. The van der Waals surface area contributed by atoms with E-state index in [1.165, 1.54) is 12.8 Å². The Bertz CT molecular complexity index is 284. The van der Waals surface area contributed by atoms with Crippen LogP contribution in [0.5, 0.6) is 0 Å². The van der Waals surface area contributed by atoms with Crippen molar-refractivity contribution in [1.29, 1.82) is 0 Å². The van der Waals surface area contributed by atoms with E-state index >= 15 is 0 Å². The van der Waals surface area contributed by atoms with Gasteiger partial charge < -0.3 is 10.2 Å². The Balaban J connectivity index is 3.12. The Labute approximate surface area is 121 Å². The summed E-state index contributed by atoms with van der Waals surface area (Å²) in [5, 5.41) is 17.0. The third kappa shape index (κ3) is 16.7. The standard InChI is InChI=1S/C16H28O4/c17-15(18)13-11-9-7-5-3-1-2-4-6-8-10-12-14-16(19)20/h1,3H,2,4-14H2,(H,17,18)(H,19,20). The maximum atomic E-state index is 10.3. The first kappa shape index (κ1) is 18.7. The van der Waals surface area contributed by atoms with Crippen LogP contribution < -0.4 is 0 Å². The molecule has 2 N–H and O–H groups in total. The van der Waals surface area contributed by atoms with Crippen LogP contribution in [0.1, 0.15) is 77.0 Å². The molecule has 0 amide bonds. The first-order valence-electron chi connectivity index (χ1n) is 7.71. The van der Waals surface area contributed by atoms with E-state index < -0.39 is 11.9 Å². The predicted octanol–water partition coefficient (Wildman–Crippen LogP) is 4.39. The van der Waals surface area contributed by atoms with Crippen LogP contribution in [-0.2, 0) is 9.59 Å². The second kappa shape index (κ2) is 14.1. The van der Waals surface area contributed by atoms with Gasteiger partial charge in [0, 0.05) is 12.8 Å². The van der Waals surface area contributed by atoms with E-state index in [-0.39, 0.29) is 6.42 Å². The minimum absolute atomic E-state index is 0.283. The van der Waals surface area contributed by atoms with E-state index in [9.17, 15) is 9.59 Å². The molecule has 0 aliphatic carbocycles. The van der Waals surface area contributed by atoms with Crippen LogP contribution in [0, 0.1) is 0 Å². The molecule has 0 heterocycles. The van der Waals surface area contributed by atoms with Crippen LogP contribution >= 0.6 is 0 Å². The number of carbonyl (C=O) groups is 2. The molecule has 116 valence electrons. The highest BCUT2D eigenvalue weighted by Gasteiger charge is 1.96. The van der Waals surface area contributed by atoms with Gasteiger partial charge in [-0.1, -0.05) is 37.8 Å². The van der Waals surface area contributed by atoms with E-state index in [1.807, 2.05) is 0 Å². The molecule has 0 atom stereocenters. The molecule has 0 aromatic heterocycles. The van der Waals surface area contributed by atoms with Gasteiger partial charge in [-0.15, -0.1) is 0 Å². The number of carboxylic acid groups (broad SMARTS) is 2. The van der Waals surface area contributed by atoms with Crippen molar-refractivity contribution in [2.75, 3.05) is 0 Å². The maximum absolute atomic E-state index is 10.3. The van der Waals surface area contributed by atoms with E-state index in [2.05, 4.69) is 12.2 Å². The minimum Gasteiger partial charge on any atom is -0.481 e. The lowest BCUT2D eigenvalue weighted by Crippen LogP contribution is -1.93. The summed E-state index contributed by atoms with van der Waals surface area (Å²) in [6.45, 7) is 0. The van der Waals surface area contributed by atoms with Crippen molar-refractivity contribution in [3.8, 4) is 0 Å². The molecule has 0 fully saturated rings. The van der Waals surface area contributed by atoms with Crippen LogP contribution in [0.4, 0.5) is 0 Å². The Kier molecular flexibility index (Phi) is 13.2. The number of rotatable bonds is 14. The van der Waals surface area contributed by atoms with Crippen molar-refractivity contribution in [2.45, 2.75) is 77.0 Å². The average Bonchev–Trinajstić information content (AvgIpc) is 2.38. The predicted molar refractivity (Wildman–Crippen MR) is 79.8 cm³/mol. The third-order valence-electron chi connectivity index (χ3n) is 3.19. The van der Waals surface area contributed by atoms with Crippen molar-refractivity contribution in [3.05, 3.63) is 12.2 Å². The van der Waals surface area contributed by atoms with E-state index in [0.29, 0.717) is 6.42 Å². The van der Waals surface area contributed by atoms with Gasteiger partial charge in [0.25, 0.3) is 0 Å². The number of aliphatic carboxylic acids is 2. The van der Waals surface area contributed by atoms with Gasteiger partial charge >= 0.3 is 11.9 Å².